The van der Waals surface area contributed by atoms with Crippen LogP contribution in [-0.4, -0.2) is 16.5 Å². The summed E-state index contributed by atoms with van der Waals surface area (Å²) < 4.78 is 5.40. The van der Waals surface area contributed by atoms with Gasteiger partial charge in [0.15, 0.2) is 11.6 Å². The highest BCUT2D eigenvalue weighted by Gasteiger charge is 2.10. The van der Waals surface area contributed by atoms with E-state index < -0.39 is 0 Å². The molecule has 0 saturated heterocycles. The zero-order valence-electron chi connectivity index (χ0n) is 10.4. The Kier molecular flexibility index (Phi) is 3.54. The summed E-state index contributed by atoms with van der Waals surface area (Å²) in [6.45, 7) is 7.78. The maximum atomic E-state index is 5.40. The number of rotatable bonds is 4. The molecule has 0 aromatic carbocycles. The lowest BCUT2D eigenvalue weighted by Crippen LogP contribution is -2.14. The lowest BCUT2D eigenvalue weighted by Gasteiger charge is -2.06. The van der Waals surface area contributed by atoms with Crippen LogP contribution in [0.2, 0.25) is 0 Å². The van der Waals surface area contributed by atoms with Crippen molar-refractivity contribution < 1.29 is 4.42 Å². The number of furan rings is 1. The van der Waals surface area contributed by atoms with Gasteiger partial charge in [-0.2, -0.15) is 0 Å². The van der Waals surface area contributed by atoms with Crippen LogP contribution < -0.4 is 5.32 Å². The summed E-state index contributed by atoms with van der Waals surface area (Å²) in [6, 6.07) is 1.92. The number of hydrogen-bond acceptors (Lipinski definition) is 4. The number of aryl methyl sites for hydroxylation is 2. The van der Waals surface area contributed by atoms with Gasteiger partial charge in [-0.3, -0.25) is 0 Å². The molecule has 0 aliphatic heterocycles. The summed E-state index contributed by atoms with van der Waals surface area (Å²) in [7, 11) is 0. The number of aromatic nitrogens is 2. The van der Waals surface area contributed by atoms with Crippen molar-refractivity contribution in [3.05, 3.63) is 35.3 Å². The molecule has 4 heteroatoms. The summed E-state index contributed by atoms with van der Waals surface area (Å²) in [5.41, 5.74) is 3.18. The summed E-state index contributed by atoms with van der Waals surface area (Å²) in [6.07, 6.45) is 3.51. The summed E-state index contributed by atoms with van der Waals surface area (Å²) in [5, 5.41) is 3.27. The zero-order valence-corrected chi connectivity index (χ0v) is 10.4. The Balaban J connectivity index is 2.34. The third kappa shape index (κ3) is 2.53. The van der Waals surface area contributed by atoms with Crippen LogP contribution in [0.1, 0.15) is 23.7 Å². The highest BCUT2D eigenvalue weighted by molar-refractivity contribution is 5.52. The molecule has 0 amide bonds. The molecule has 0 unspecified atom stereocenters. The molecule has 0 spiro atoms. The fourth-order valence-electron chi connectivity index (χ4n) is 1.61. The third-order valence-electron chi connectivity index (χ3n) is 2.68. The average molecular weight is 231 g/mol. The van der Waals surface area contributed by atoms with Crippen molar-refractivity contribution >= 4 is 0 Å². The molecule has 2 aromatic rings. The second kappa shape index (κ2) is 5.10. The van der Waals surface area contributed by atoms with Crippen LogP contribution in [0.15, 0.2) is 22.9 Å². The molecule has 0 fully saturated rings. The van der Waals surface area contributed by atoms with Crippen LogP contribution in [0.5, 0.6) is 0 Å². The Morgan fingerprint density at radius 1 is 1.29 bits per heavy atom. The maximum absolute atomic E-state index is 5.40. The van der Waals surface area contributed by atoms with Gasteiger partial charge in [-0.15, -0.1) is 0 Å². The molecule has 2 aromatic heterocycles. The van der Waals surface area contributed by atoms with E-state index >= 15 is 0 Å². The molecule has 1 N–H and O–H groups in total. The van der Waals surface area contributed by atoms with Crippen LogP contribution in [0, 0.1) is 13.8 Å². The molecular weight excluding hydrogens is 214 g/mol. The van der Waals surface area contributed by atoms with Crippen LogP contribution >= 0.6 is 0 Å². The van der Waals surface area contributed by atoms with Crippen LogP contribution in [0.25, 0.3) is 11.6 Å². The molecule has 90 valence electrons. The predicted molar refractivity (Wildman–Crippen MR) is 66.6 cm³/mol. The lowest BCUT2D eigenvalue weighted by molar-refractivity contribution is 0.574. The predicted octanol–water partition coefficient (Wildman–Crippen LogP) is 2.46. The fraction of sp³-hybridized carbons (Fsp3) is 0.385. The van der Waals surface area contributed by atoms with Gasteiger partial charge in [-0.1, -0.05) is 6.92 Å². The second-order valence-corrected chi connectivity index (χ2v) is 4.04. The minimum absolute atomic E-state index is 0.658. The minimum atomic E-state index is 0.658. The molecule has 0 saturated carbocycles. The molecule has 0 atom stereocenters. The van der Waals surface area contributed by atoms with E-state index in [2.05, 4.69) is 22.2 Å². The smallest absolute Gasteiger partial charge is 0.196 e. The topological polar surface area (TPSA) is 51.0 Å². The Labute approximate surface area is 101 Å². The molecule has 0 radical (unpaired) electrons. The summed E-state index contributed by atoms with van der Waals surface area (Å²) in [5.74, 6) is 1.41. The minimum Gasteiger partial charge on any atom is -0.461 e. The SMILES string of the molecule is CCNCc1nc(-c2occc2C)ncc1C. The van der Waals surface area contributed by atoms with Crippen molar-refractivity contribution in [1.29, 1.82) is 0 Å². The molecule has 0 bridgehead atoms. The quantitative estimate of drug-likeness (QED) is 0.878. The van der Waals surface area contributed by atoms with Gasteiger partial charge < -0.3 is 9.73 Å². The highest BCUT2D eigenvalue weighted by atomic mass is 16.3. The van der Waals surface area contributed by atoms with Crippen LogP contribution in [0.4, 0.5) is 0 Å². The van der Waals surface area contributed by atoms with E-state index in [1.807, 2.05) is 26.1 Å². The molecule has 17 heavy (non-hydrogen) atoms. The van der Waals surface area contributed by atoms with Crippen molar-refractivity contribution in [2.75, 3.05) is 6.54 Å². The third-order valence-corrected chi connectivity index (χ3v) is 2.68. The van der Waals surface area contributed by atoms with Gasteiger partial charge >= 0.3 is 0 Å². The Hall–Kier alpha value is -1.68. The highest BCUT2D eigenvalue weighted by Crippen LogP contribution is 2.21. The van der Waals surface area contributed by atoms with Crippen molar-refractivity contribution in [2.45, 2.75) is 27.3 Å². The number of nitrogens with one attached hydrogen (secondary N) is 1. The van der Waals surface area contributed by atoms with Gasteiger partial charge in [0.05, 0.1) is 12.0 Å². The van der Waals surface area contributed by atoms with Crippen molar-refractivity contribution in [3.63, 3.8) is 0 Å². The van der Waals surface area contributed by atoms with E-state index in [0.717, 1.165) is 35.7 Å². The Bertz CT molecular complexity index is 505. The normalized spacial score (nSPS) is 10.8. The van der Waals surface area contributed by atoms with E-state index in [4.69, 9.17) is 4.42 Å². The number of nitrogens with zero attached hydrogens (tertiary/aromatic N) is 2. The lowest BCUT2D eigenvalue weighted by atomic mass is 10.2. The first-order valence-corrected chi connectivity index (χ1v) is 5.80. The van der Waals surface area contributed by atoms with E-state index in [1.165, 1.54) is 0 Å². The van der Waals surface area contributed by atoms with E-state index in [1.54, 1.807) is 6.26 Å². The van der Waals surface area contributed by atoms with Gasteiger partial charge in [0.2, 0.25) is 0 Å². The largest absolute Gasteiger partial charge is 0.461 e. The van der Waals surface area contributed by atoms with Gasteiger partial charge in [-0.25, -0.2) is 9.97 Å². The standard InChI is InChI=1S/C13H17N3O/c1-4-14-8-11-10(3)7-15-13(16-11)12-9(2)5-6-17-12/h5-7,14H,4,8H2,1-3H3. The molecule has 0 aliphatic carbocycles. The first-order valence-electron chi connectivity index (χ1n) is 5.80. The summed E-state index contributed by atoms with van der Waals surface area (Å²) >= 11 is 0. The molecule has 2 heterocycles. The molecule has 4 nitrogen and oxygen atoms in total. The van der Waals surface area contributed by atoms with Gasteiger partial charge in [-0.05, 0) is 37.6 Å². The first kappa shape index (κ1) is 11.8. The maximum Gasteiger partial charge on any atom is 0.196 e. The van der Waals surface area contributed by atoms with Crippen LogP contribution in [0.3, 0.4) is 0 Å². The zero-order chi connectivity index (χ0) is 12.3. The average Bonchev–Trinajstić information content (AvgIpc) is 2.75. The van der Waals surface area contributed by atoms with Crippen molar-refractivity contribution in [2.24, 2.45) is 0 Å². The van der Waals surface area contributed by atoms with E-state index in [9.17, 15) is 0 Å². The van der Waals surface area contributed by atoms with E-state index in [-0.39, 0.29) is 0 Å². The molecular formula is C13H17N3O. The van der Waals surface area contributed by atoms with Gasteiger partial charge in [0.1, 0.15) is 0 Å². The number of hydrogen-bond donors (Lipinski definition) is 1. The van der Waals surface area contributed by atoms with Crippen molar-refractivity contribution in [1.82, 2.24) is 15.3 Å². The summed E-state index contributed by atoms with van der Waals surface area (Å²) in [4.78, 5) is 8.86. The fourth-order valence-corrected chi connectivity index (χ4v) is 1.61. The Morgan fingerprint density at radius 2 is 2.12 bits per heavy atom. The first-order chi connectivity index (χ1) is 8.22. The van der Waals surface area contributed by atoms with Crippen LogP contribution in [-0.2, 0) is 6.54 Å². The molecule has 0 aliphatic rings. The van der Waals surface area contributed by atoms with Crippen molar-refractivity contribution in [3.8, 4) is 11.6 Å². The van der Waals surface area contributed by atoms with E-state index in [0.29, 0.717) is 5.82 Å². The van der Waals surface area contributed by atoms with Gasteiger partial charge in [0, 0.05) is 12.7 Å². The molecule has 2 rings (SSSR count). The van der Waals surface area contributed by atoms with Gasteiger partial charge in [0.25, 0.3) is 0 Å². The Morgan fingerprint density at radius 3 is 2.76 bits per heavy atom. The second-order valence-electron chi connectivity index (χ2n) is 4.04. The monoisotopic (exact) mass is 231 g/mol.